The van der Waals surface area contributed by atoms with Gasteiger partial charge in [0.25, 0.3) is 0 Å². The molecule has 6 heteroatoms. The SMILES string of the molecule is CC(=O)N(Cc1ccsc1)[C@H]1CC12CCN(CCCn1ccnc1)CC2. The Hall–Kier alpha value is -1.66. The molecule has 3 heterocycles. The summed E-state index contributed by atoms with van der Waals surface area (Å²) in [6, 6.07) is 2.59. The smallest absolute Gasteiger partial charge is 0.220 e. The van der Waals surface area contributed by atoms with Crippen LogP contribution in [0, 0.1) is 5.41 Å². The maximum atomic E-state index is 12.2. The molecule has 1 amide bonds. The highest BCUT2D eigenvalue weighted by molar-refractivity contribution is 7.07. The molecular weight excluding hydrogens is 344 g/mol. The number of carbonyl (C=O) groups is 1. The predicted octanol–water partition coefficient (Wildman–Crippen LogP) is 3.24. The summed E-state index contributed by atoms with van der Waals surface area (Å²) in [5, 5.41) is 4.26. The van der Waals surface area contributed by atoms with E-state index in [1.54, 1.807) is 18.3 Å². The van der Waals surface area contributed by atoms with Crippen molar-refractivity contribution in [3.63, 3.8) is 0 Å². The Morgan fingerprint density at radius 3 is 2.88 bits per heavy atom. The number of aromatic nitrogens is 2. The Labute approximate surface area is 159 Å². The minimum Gasteiger partial charge on any atom is -0.337 e. The highest BCUT2D eigenvalue weighted by atomic mass is 32.1. The Balaban J connectivity index is 1.25. The van der Waals surface area contributed by atoms with Crippen LogP contribution >= 0.6 is 11.3 Å². The van der Waals surface area contributed by atoms with Crippen LogP contribution in [0.15, 0.2) is 35.5 Å². The molecule has 0 unspecified atom stereocenters. The van der Waals surface area contributed by atoms with E-state index in [1.165, 1.54) is 44.3 Å². The molecule has 2 aromatic heterocycles. The lowest BCUT2D eigenvalue weighted by Crippen LogP contribution is -2.40. The first-order valence-corrected chi connectivity index (χ1v) is 10.6. The monoisotopic (exact) mass is 372 g/mol. The van der Waals surface area contributed by atoms with E-state index in [4.69, 9.17) is 0 Å². The third-order valence-corrected chi connectivity index (χ3v) is 6.89. The van der Waals surface area contributed by atoms with Gasteiger partial charge in [0.2, 0.25) is 5.91 Å². The Morgan fingerprint density at radius 1 is 1.38 bits per heavy atom. The topological polar surface area (TPSA) is 41.4 Å². The van der Waals surface area contributed by atoms with Crippen LogP contribution in [0.3, 0.4) is 0 Å². The van der Waals surface area contributed by atoms with Crippen LogP contribution in [0.4, 0.5) is 0 Å². The first-order valence-electron chi connectivity index (χ1n) is 9.63. The van der Waals surface area contributed by atoms with Crippen molar-refractivity contribution in [2.24, 2.45) is 5.41 Å². The van der Waals surface area contributed by atoms with Gasteiger partial charge in [0.15, 0.2) is 0 Å². The Bertz CT molecular complexity index is 704. The Morgan fingerprint density at radius 2 is 2.23 bits per heavy atom. The number of hydrogen-bond acceptors (Lipinski definition) is 4. The van der Waals surface area contributed by atoms with Gasteiger partial charge in [0.05, 0.1) is 6.33 Å². The van der Waals surface area contributed by atoms with Crippen LogP contribution in [-0.4, -0.2) is 50.9 Å². The predicted molar refractivity (Wildman–Crippen MR) is 104 cm³/mol. The number of piperidine rings is 1. The maximum absolute atomic E-state index is 12.2. The van der Waals surface area contributed by atoms with Crippen molar-refractivity contribution in [3.05, 3.63) is 41.1 Å². The maximum Gasteiger partial charge on any atom is 0.220 e. The van der Waals surface area contributed by atoms with E-state index in [9.17, 15) is 4.79 Å². The lowest BCUT2D eigenvalue weighted by atomic mass is 9.92. The standard InChI is InChI=1S/C20H28N4OS/c1-17(25)24(14-18-3-12-26-15-18)19-13-20(19)4-9-22(10-5-20)7-2-8-23-11-6-21-16-23/h3,6,11-12,15-16,19H,2,4-5,7-10,13-14H2,1H3/t19-/m0/s1. The van der Waals surface area contributed by atoms with Gasteiger partial charge in [-0.2, -0.15) is 11.3 Å². The van der Waals surface area contributed by atoms with Gasteiger partial charge < -0.3 is 14.4 Å². The van der Waals surface area contributed by atoms with Crippen LogP contribution in [0.5, 0.6) is 0 Å². The van der Waals surface area contributed by atoms with Gasteiger partial charge in [0.1, 0.15) is 0 Å². The summed E-state index contributed by atoms with van der Waals surface area (Å²) in [6.45, 7) is 7.05. The van der Waals surface area contributed by atoms with Gasteiger partial charge in [-0.15, -0.1) is 0 Å². The molecule has 5 nitrogen and oxygen atoms in total. The zero-order valence-electron chi connectivity index (χ0n) is 15.5. The molecule has 140 valence electrons. The lowest BCUT2D eigenvalue weighted by Gasteiger charge is -2.34. The summed E-state index contributed by atoms with van der Waals surface area (Å²) in [6.07, 6.45) is 10.6. The molecule has 0 N–H and O–H groups in total. The number of likely N-dealkylation sites (tertiary alicyclic amines) is 1. The van der Waals surface area contributed by atoms with Crippen molar-refractivity contribution in [2.45, 2.75) is 51.7 Å². The summed E-state index contributed by atoms with van der Waals surface area (Å²) in [7, 11) is 0. The summed E-state index contributed by atoms with van der Waals surface area (Å²) in [5.41, 5.74) is 1.66. The zero-order chi connectivity index (χ0) is 18.0. The molecule has 0 aromatic carbocycles. The molecule has 0 bridgehead atoms. The normalized spacial score (nSPS) is 21.8. The molecule has 2 aromatic rings. The minimum absolute atomic E-state index is 0.223. The second-order valence-electron chi connectivity index (χ2n) is 7.86. The molecule has 0 radical (unpaired) electrons. The van der Waals surface area contributed by atoms with Crippen molar-refractivity contribution in [2.75, 3.05) is 19.6 Å². The highest BCUT2D eigenvalue weighted by Crippen LogP contribution is 2.57. The van der Waals surface area contributed by atoms with Gasteiger partial charge in [0, 0.05) is 38.4 Å². The molecule has 4 rings (SSSR count). The van der Waals surface area contributed by atoms with E-state index in [0.29, 0.717) is 11.5 Å². The van der Waals surface area contributed by atoms with Crippen LogP contribution < -0.4 is 0 Å². The molecule has 1 atom stereocenters. The highest BCUT2D eigenvalue weighted by Gasteiger charge is 2.58. The lowest BCUT2D eigenvalue weighted by molar-refractivity contribution is -0.130. The number of aryl methyl sites for hydroxylation is 1. The average Bonchev–Trinajstić information content (AvgIpc) is 3.06. The molecule has 26 heavy (non-hydrogen) atoms. The van der Waals surface area contributed by atoms with Crippen molar-refractivity contribution < 1.29 is 4.79 Å². The van der Waals surface area contributed by atoms with Gasteiger partial charge in [-0.05, 0) is 73.1 Å². The number of amides is 1. The first-order chi connectivity index (χ1) is 12.7. The minimum atomic E-state index is 0.223. The number of thiophene rings is 1. The molecule has 2 aliphatic rings. The second-order valence-corrected chi connectivity index (χ2v) is 8.64. The van der Waals surface area contributed by atoms with Crippen molar-refractivity contribution >= 4 is 17.2 Å². The van der Waals surface area contributed by atoms with Gasteiger partial charge in [-0.3, -0.25) is 4.79 Å². The second kappa shape index (κ2) is 7.53. The third kappa shape index (κ3) is 3.86. The molecule has 1 saturated carbocycles. The fourth-order valence-electron chi connectivity index (χ4n) is 4.44. The fraction of sp³-hybridized carbons (Fsp3) is 0.600. The van der Waals surface area contributed by atoms with Gasteiger partial charge >= 0.3 is 0 Å². The van der Waals surface area contributed by atoms with E-state index in [0.717, 1.165) is 19.6 Å². The summed E-state index contributed by atoms with van der Waals surface area (Å²) in [5.74, 6) is 0.223. The van der Waals surface area contributed by atoms with Crippen LogP contribution in [0.2, 0.25) is 0 Å². The molecular formula is C20H28N4OS. The molecule has 1 aliphatic carbocycles. The number of carbonyl (C=O) groups excluding carboxylic acids is 1. The van der Waals surface area contributed by atoms with E-state index in [2.05, 4.69) is 36.2 Å². The van der Waals surface area contributed by atoms with Crippen molar-refractivity contribution in [1.29, 1.82) is 0 Å². The largest absolute Gasteiger partial charge is 0.337 e. The molecule has 2 fully saturated rings. The Kier molecular flexibility index (Phi) is 5.14. The van der Waals surface area contributed by atoms with Crippen LogP contribution in [0.1, 0.15) is 38.2 Å². The van der Waals surface area contributed by atoms with Gasteiger partial charge in [-0.25, -0.2) is 4.98 Å². The summed E-state index contributed by atoms with van der Waals surface area (Å²) in [4.78, 5) is 21.0. The van der Waals surface area contributed by atoms with E-state index < -0.39 is 0 Å². The average molecular weight is 373 g/mol. The molecule has 1 spiro atoms. The molecule has 1 saturated heterocycles. The van der Waals surface area contributed by atoms with Crippen LogP contribution in [0.25, 0.3) is 0 Å². The van der Waals surface area contributed by atoms with E-state index >= 15 is 0 Å². The number of imidazole rings is 1. The number of hydrogen-bond donors (Lipinski definition) is 0. The van der Waals surface area contributed by atoms with E-state index in [-0.39, 0.29) is 5.91 Å². The van der Waals surface area contributed by atoms with Crippen LogP contribution in [-0.2, 0) is 17.9 Å². The number of nitrogens with zero attached hydrogens (tertiary/aromatic N) is 4. The summed E-state index contributed by atoms with van der Waals surface area (Å²) >= 11 is 1.71. The van der Waals surface area contributed by atoms with Crippen molar-refractivity contribution in [1.82, 2.24) is 19.4 Å². The third-order valence-electron chi connectivity index (χ3n) is 6.16. The molecule has 1 aliphatic heterocycles. The zero-order valence-corrected chi connectivity index (χ0v) is 16.3. The van der Waals surface area contributed by atoms with Gasteiger partial charge in [-0.1, -0.05) is 0 Å². The van der Waals surface area contributed by atoms with Crippen molar-refractivity contribution in [3.8, 4) is 0 Å². The quantitative estimate of drug-likeness (QED) is 0.749. The number of rotatable bonds is 7. The first kappa shape index (κ1) is 17.7. The van der Waals surface area contributed by atoms with E-state index in [1.807, 2.05) is 18.7 Å². The summed E-state index contributed by atoms with van der Waals surface area (Å²) < 4.78 is 2.15. The fourth-order valence-corrected chi connectivity index (χ4v) is 5.10.